The van der Waals surface area contributed by atoms with Gasteiger partial charge in [-0.05, 0) is 30.3 Å². The molecule has 7 nitrogen and oxygen atoms in total. The molecule has 0 bridgehead atoms. The number of carbonyl (C=O) groups is 1. The van der Waals surface area contributed by atoms with Crippen LogP contribution in [0.4, 0.5) is 10.1 Å². The Labute approximate surface area is 182 Å². The van der Waals surface area contributed by atoms with Gasteiger partial charge in [-0.15, -0.1) is 0 Å². The summed E-state index contributed by atoms with van der Waals surface area (Å²) < 4.78 is 14.8. The number of H-pyrrole nitrogens is 1. The van der Waals surface area contributed by atoms with Crippen LogP contribution in [0.2, 0.25) is 5.02 Å². The molecule has 1 aliphatic rings. The lowest BCUT2D eigenvalue weighted by molar-refractivity contribution is 0.0743. The van der Waals surface area contributed by atoms with Crippen LogP contribution in [0.15, 0.2) is 64.3 Å². The minimum Gasteiger partial charge on any atom is -0.368 e. The normalized spacial score (nSPS) is 14.0. The van der Waals surface area contributed by atoms with E-state index in [1.165, 1.54) is 18.2 Å². The van der Waals surface area contributed by atoms with Gasteiger partial charge >= 0.3 is 5.69 Å². The molecule has 160 valence electrons. The average Bonchev–Trinajstić information content (AvgIpc) is 2.78. The summed E-state index contributed by atoms with van der Waals surface area (Å²) in [6, 6.07) is 13.4. The first kappa shape index (κ1) is 20.9. The van der Waals surface area contributed by atoms with Crippen LogP contribution in [0.25, 0.3) is 0 Å². The summed E-state index contributed by atoms with van der Waals surface area (Å²) in [6.45, 7) is 1.78. The van der Waals surface area contributed by atoms with Gasteiger partial charge in [0, 0.05) is 48.6 Å². The van der Waals surface area contributed by atoms with E-state index in [0.717, 1.165) is 16.5 Å². The number of hydrogen-bond donors (Lipinski definition) is 1. The number of anilines is 1. The maximum Gasteiger partial charge on any atom is 0.328 e. The average molecular weight is 443 g/mol. The number of aromatic amines is 1. The lowest BCUT2D eigenvalue weighted by Gasteiger charge is -2.36. The Bertz CT molecular complexity index is 1210. The largest absolute Gasteiger partial charge is 0.368 e. The van der Waals surface area contributed by atoms with Crippen molar-refractivity contribution in [3.63, 3.8) is 0 Å². The second kappa shape index (κ2) is 8.77. The highest BCUT2D eigenvalue weighted by Gasteiger charge is 2.25. The first-order valence-corrected chi connectivity index (χ1v) is 10.2. The molecule has 0 atom stereocenters. The van der Waals surface area contributed by atoms with Crippen molar-refractivity contribution in [2.45, 2.75) is 6.54 Å². The lowest BCUT2D eigenvalue weighted by Crippen LogP contribution is -2.50. The zero-order valence-corrected chi connectivity index (χ0v) is 17.3. The Hall–Kier alpha value is -3.39. The quantitative estimate of drug-likeness (QED) is 0.672. The smallest absolute Gasteiger partial charge is 0.328 e. The molecule has 1 amide bonds. The van der Waals surface area contributed by atoms with Gasteiger partial charge in [-0.3, -0.25) is 14.2 Å². The van der Waals surface area contributed by atoms with E-state index < -0.39 is 23.0 Å². The molecule has 0 unspecified atom stereocenters. The molecule has 1 fully saturated rings. The van der Waals surface area contributed by atoms with E-state index >= 15 is 0 Å². The molecule has 31 heavy (non-hydrogen) atoms. The van der Waals surface area contributed by atoms with Crippen LogP contribution < -0.4 is 16.1 Å². The first-order chi connectivity index (χ1) is 14.9. The zero-order chi connectivity index (χ0) is 22.0. The number of hydrogen-bond acceptors (Lipinski definition) is 4. The van der Waals surface area contributed by atoms with Crippen molar-refractivity contribution >= 4 is 23.2 Å². The van der Waals surface area contributed by atoms with Gasteiger partial charge in [0.2, 0.25) is 0 Å². The van der Waals surface area contributed by atoms with Gasteiger partial charge < -0.3 is 14.8 Å². The van der Waals surface area contributed by atoms with Gasteiger partial charge in [-0.25, -0.2) is 9.18 Å². The predicted octanol–water partition coefficient (Wildman–Crippen LogP) is 2.34. The molecule has 4 rings (SSSR count). The Morgan fingerprint density at radius 3 is 2.35 bits per heavy atom. The third kappa shape index (κ3) is 4.39. The lowest BCUT2D eigenvalue weighted by atomic mass is 10.2. The Morgan fingerprint density at radius 2 is 1.68 bits per heavy atom. The summed E-state index contributed by atoms with van der Waals surface area (Å²) >= 11 is 5.93. The van der Waals surface area contributed by atoms with Crippen molar-refractivity contribution in [3.05, 3.63) is 97.5 Å². The van der Waals surface area contributed by atoms with Crippen LogP contribution in [0.5, 0.6) is 0 Å². The summed E-state index contributed by atoms with van der Waals surface area (Å²) in [4.78, 5) is 44.1. The van der Waals surface area contributed by atoms with E-state index in [-0.39, 0.29) is 17.7 Å². The van der Waals surface area contributed by atoms with Gasteiger partial charge in [-0.1, -0.05) is 29.8 Å². The zero-order valence-electron chi connectivity index (χ0n) is 16.6. The first-order valence-electron chi connectivity index (χ1n) is 9.80. The van der Waals surface area contributed by atoms with E-state index in [2.05, 4.69) is 9.88 Å². The van der Waals surface area contributed by atoms with Crippen molar-refractivity contribution in [2.75, 3.05) is 31.1 Å². The highest BCUT2D eigenvalue weighted by molar-refractivity contribution is 6.30. The summed E-state index contributed by atoms with van der Waals surface area (Å²) in [5.74, 6) is -0.983. The highest BCUT2D eigenvalue weighted by atomic mass is 35.5. The maximum absolute atomic E-state index is 14.0. The fraction of sp³-hybridized carbons (Fsp3) is 0.227. The summed E-state index contributed by atoms with van der Waals surface area (Å²) in [6.07, 6.45) is 1.14. The van der Waals surface area contributed by atoms with E-state index in [1.807, 2.05) is 24.3 Å². The summed E-state index contributed by atoms with van der Waals surface area (Å²) in [5.41, 5.74) is -0.380. The molecule has 2 aromatic carbocycles. The second-order valence-electron chi connectivity index (χ2n) is 7.25. The number of rotatable bonds is 4. The van der Waals surface area contributed by atoms with Crippen molar-refractivity contribution in [3.8, 4) is 0 Å². The molecular weight excluding hydrogens is 423 g/mol. The number of amides is 1. The predicted molar refractivity (Wildman–Crippen MR) is 116 cm³/mol. The van der Waals surface area contributed by atoms with E-state index in [1.54, 1.807) is 11.0 Å². The summed E-state index contributed by atoms with van der Waals surface area (Å²) in [7, 11) is 0. The fourth-order valence-corrected chi connectivity index (χ4v) is 3.72. The third-order valence-corrected chi connectivity index (χ3v) is 5.59. The fourth-order valence-electron chi connectivity index (χ4n) is 3.59. The second-order valence-corrected chi connectivity index (χ2v) is 7.68. The number of benzene rings is 2. The van der Waals surface area contributed by atoms with Gasteiger partial charge in [0.25, 0.3) is 11.5 Å². The van der Waals surface area contributed by atoms with Crippen LogP contribution in [-0.4, -0.2) is 46.5 Å². The molecule has 1 aromatic heterocycles. The number of aromatic nitrogens is 2. The van der Waals surface area contributed by atoms with Crippen LogP contribution in [-0.2, 0) is 6.54 Å². The molecule has 0 aliphatic carbocycles. The van der Waals surface area contributed by atoms with Crippen molar-refractivity contribution in [2.24, 2.45) is 0 Å². The molecule has 1 N–H and O–H groups in total. The monoisotopic (exact) mass is 442 g/mol. The number of piperazine rings is 1. The van der Waals surface area contributed by atoms with Gasteiger partial charge in [0.05, 0.1) is 6.54 Å². The molecule has 0 saturated carbocycles. The Balaban J connectivity index is 1.52. The summed E-state index contributed by atoms with van der Waals surface area (Å²) in [5, 5.41) is 0.655. The molecule has 1 aliphatic heterocycles. The topological polar surface area (TPSA) is 78.4 Å². The van der Waals surface area contributed by atoms with E-state index in [9.17, 15) is 18.8 Å². The number of halogens is 2. The molecule has 2 heterocycles. The SMILES string of the molecule is O=C(c1c[nH]c(=O)n(Cc2ccccc2F)c1=O)N1CCN(c2ccc(Cl)cc2)CC1. The third-order valence-electron chi connectivity index (χ3n) is 5.34. The van der Waals surface area contributed by atoms with Crippen LogP contribution in [0.3, 0.4) is 0 Å². The maximum atomic E-state index is 14.0. The Morgan fingerprint density at radius 1 is 1.00 bits per heavy atom. The van der Waals surface area contributed by atoms with E-state index in [0.29, 0.717) is 31.2 Å². The van der Waals surface area contributed by atoms with Crippen molar-refractivity contribution in [1.82, 2.24) is 14.5 Å². The van der Waals surface area contributed by atoms with Gasteiger partial charge in [-0.2, -0.15) is 0 Å². The van der Waals surface area contributed by atoms with Gasteiger partial charge in [0.1, 0.15) is 11.4 Å². The van der Waals surface area contributed by atoms with E-state index in [4.69, 9.17) is 11.6 Å². The van der Waals surface area contributed by atoms with Gasteiger partial charge in [0.15, 0.2) is 0 Å². The van der Waals surface area contributed by atoms with Crippen molar-refractivity contribution < 1.29 is 9.18 Å². The van der Waals surface area contributed by atoms with Crippen LogP contribution in [0, 0.1) is 5.82 Å². The number of carbonyl (C=O) groups excluding carboxylic acids is 1. The van der Waals surface area contributed by atoms with Crippen LogP contribution in [0.1, 0.15) is 15.9 Å². The minimum atomic E-state index is -0.739. The molecule has 1 saturated heterocycles. The molecule has 0 spiro atoms. The number of nitrogens with one attached hydrogen (secondary N) is 1. The standard InChI is InChI=1S/C22H20ClFN4O3/c23-16-5-7-17(8-6-16)26-9-11-27(12-10-26)20(29)18-13-25-22(31)28(21(18)30)14-15-3-1-2-4-19(15)24/h1-8,13H,9-12,14H2,(H,25,31). The molecular formula is C22H20ClFN4O3. The minimum absolute atomic E-state index is 0.143. The molecule has 3 aromatic rings. The van der Waals surface area contributed by atoms with Crippen molar-refractivity contribution in [1.29, 1.82) is 0 Å². The Kier molecular flexibility index (Phi) is 5.90. The molecule has 9 heteroatoms. The molecule has 0 radical (unpaired) electrons. The highest BCUT2D eigenvalue weighted by Crippen LogP contribution is 2.19. The van der Waals surface area contributed by atoms with Crippen LogP contribution >= 0.6 is 11.6 Å². The number of nitrogens with zero attached hydrogens (tertiary/aromatic N) is 3.